The molecule has 0 aliphatic heterocycles. The SMILES string of the molecule is COC(=O)C=CN(CC(N)=O)C(C)C. The summed E-state index contributed by atoms with van der Waals surface area (Å²) < 4.78 is 4.42. The Morgan fingerprint density at radius 1 is 1.50 bits per heavy atom. The second kappa shape index (κ2) is 6.01. The van der Waals surface area contributed by atoms with Crippen LogP contribution in [0.3, 0.4) is 0 Å². The van der Waals surface area contributed by atoms with Crippen LogP contribution < -0.4 is 5.73 Å². The molecule has 0 atom stereocenters. The van der Waals surface area contributed by atoms with Crippen LogP contribution in [0.1, 0.15) is 13.8 Å². The van der Waals surface area contributed by atoms with Crippen molar-refractivity contribution in [2.24, 2.45) is 5.73 Å². The highest BCUT2D eigenvalue weighted by molar-refractivity contribution is 5.82. The monoisotopic (exact) mass is 200 g/mol. The molecule has 0 aliphatic rings. The fourth-order valence-corrected chi connectivity index (χ4v) is 0.812. The van der Waals surface area contributed by atoms with Crippen molar-refractivity contribution in [1.29, 1.82) is 0 Å². The van der Waals surface area contributed by atoms with Crippen molar-refractivity contribution in [3.63, 3.8) is 0 Å². The summed E-state index contributed by atoms with van der Waals surface area (Å²) in [5.41, 5.74) is 5.04. The maximum Gasteiger partial charge on any atom is 0.331 e. The van der Waals surface area contributed by atoms with Gasteiger partial charge in [-0.25, -0.2) is 4.79 Å². The lowest BCUT2D eigenvalue weighted by molar-refractivity contribution is -0.135. The Hall–Kier alpha value is -1.52. The first-order chi connectivity index (χ1) is 6.47. The smallest absolute Gasteiger partial charge is 0.331 e. The van der Waals surface area contributed by atoms with Gasteiger partial charge >= 0.3 is 5.97 Å². The average Bonchev–Trinajstić information content (AvgIpc) is 2.10. The van der Waals surface area contributed by atoms with Crippen LogP contribution in [0.2, 0.25) is 0 Å². The predicted octanol–water partition coefficient (Wildman–Crippen LogP) is -0.131. The fourth-order valence-electron chi connectivity index (χ4n) is 0.812. The standard InChI is InChI=1S/C9H16N2O3/c1-7(2)11(6-8(10)12)5-4-9(13)14-3/h4-5,7H,6H2,1-3H3,(H2,10,12). The number of carbonyl (C=O) groups is 2. The molecule has 0 aromatic carbocycles. The molecule has 0 unspecified atom stereocenters. The van der Waals surface area contributed by atoms with Crippen molar-refractivity contribution >= 4 is 11.9 Å². The summed E-state index contributed by atoms with van der Waals surface area (Å²) in [6.45, 7) is 3.88. The van der Waals surface area contributed by atoms with E-state index in [0.29, 0.717) is 0 Å². The van der Waals surface area contributed by atoms with E-state index in [-0.39, 0.29) is 12.6 Å². The zero-order valence-corrected chi connectivity index (χ0v) is 8.69. The third kappa shape index (κ3) is 5.18. The Labute approximate surface area is 83.5 Å². The Kier molecular flexibility index (Phi) is 5.36. The van der Waals surface area contributed by atoms with E-state index >= 15 is 0 Å². The number of carbonyl (C=O) groups excluding carboxylic acids is 2. The van der Waals surface area contributed by atoms with Crippen LogP contribution in [0, 0.1) is 0 Å². The average molecular weight is 200 g/mol. The molecule has 0 aliphatic carbocycles. The molecule has 2 N–H and O–H groups in total. The van der Waals surface area contributed by atoms with E-state index in [2.05, 4.69) is 4.74 Å². The number of primary amides is 1. The van der Waals surface area contributed by atoms with Crippen molar-refractivity contribution in [3.8, 4) is 0 Å². The molecule has 0 spiro atoms. The van der Waals surface area contributed by atoms with Crippen LogP contribution in [-0.4, -0.2) is 36.5 Å². The first-order valence-electron chi connectivity index (χ1n) is 4.27. The van der Waals surface area contributed by atoms with Crippen LogP contribution in [-0.2, 0) is 14.3 Å². The van der Waals surface area contributed by atoms with Crippen molar-refractivity contribution in [3.05, 3.63) is 12.3 Å². The molecule has 0 aromatic heterocycles. The van der Waals surface area contributed by atoms with Crippen molar-refractivity contribution in [2.75, 3.05) is 13.7 Å². The first-order valence-corrected chi connectivity index (χ1v) is 4.27. The van der Waals surface area contributed by atoms with Gasteiger partial charge in [0.25, 0.3) is 0 Å². The molecule has 1 amide bonds. The van der Waals surface area contributed by atoms with Gasteiger partial charge in [-0.3, -0.25) is 4.79 Å². The Balaban J connectivity index is 4.29. The van der Waals surface area contributed by atoms with Gasteiger partial charge in [-0.1, -0.05) is 0 Å². The highest BCUT2D eigenvalue weighted by Crippen LogP contribution is 1.98. The van der Waals surface area contributed by atoms with Crippen LogP contribution in [0.5, 0.6) is 0 Å². The highest BCUT2D eigenvalue weighted by atomic mass is 16.5. The molecule has 14 heavy (non-hydrogen) atoms. The zero-order chi connectivity index (χ0) is 11.1. The molecule has 0 radical (unpaired) electrons. The van der Waals surface area contributed by atoms with Gasteiger partial charge in [0, 0.05) is 18.3 Å². The lowest BCUT2D eigenvalue weighted by atomic mass is 10.3. The lowest BCUT2D eigenvalue weighted by Crippen LogP contribution is -2.34. The largest absolute Gasteiger partial charge is 0.466 e. The normalized spacial score (nSPS) is 10.6. The number of esters is 1. The molecule has 0 rings (SSSR count). The van der Waals surface area contributed by atoms with Crippen LogP contribution >= 0.6 is 0 Å². The number of hydrogen-bond donors (Lipinski definition) is 1. The number of hydrogen-bond acceptors (Lipinski definition) is 4. The molecule has 0 saturated heterocycles. The number of methoxy groups -OCH3 is 1. The minimum atomic E-state index is -0.458. The number of nitrogens with zero attached hydrogens (tertiary/aromatic N) is 1. The number of amides is 1. The Bertz CT molecular complexity index is 236. The first kappa shape index (κ1) is 12.5. The zero-order valence-electron chi connectivity index (χ0n) is 8.69. The summed E-state index contributed by atoms with van der Waals surface area (Å²) in [6.07, 6.45) is 2.75. The third-order valence-corrected chi connectivity index (χ3v) is 1.60. The molecule has 5 heteroatoms. The topological polar surface area (TPSA) is 72.6 Å². The van der Waals surface area contributed by atoms with E-state index in [4.69, 9.17) is 5.73 Å². The van der Waals surface area contributed by atoms with Gasteiger partial charge in [-0.2, -0.15) is 0 Å². The lowest BCUT2D eigenvalue weighted by Gasteiger charge is -2.22. The molecule has 0 bridgehead atoms. The quantitative estimate of drug-likeness (QED) is 0.495. The van der Waals surface area contributed by atoms with Gasteiger partial charge in [0.15, 0.2) is 0 Å². The summed E-state index contributed by atoms with van der Waals surface area (Å²) in [5, 5.41) is 0. The fraction of sp³-hybridized carbons (Fsp3) is 0.556. The minimum Gasteiger partial charge on any atom is -0.466 e. The van der Waals surface area contributed by atoms with Gasteiger partial charge in [0.05, 0.1) is 13.7 Å². The van der Waals surface area contributed by atoms with E-state index < -0.39 is 11.9 Å². The molecule has 0 saturated carbocycles. The molecule has 0 heterocycles. The molecule has 0 aromatic rings. The van der Waals surface area contributed by atoms with Crippen LogP contribution in [0.25, 0.3) is 0 Å². The van der Waals surface area contributed by atoms with E-state index in [1.165, 1.54) is 19.4 Å². The summed E-state index contributed by atoms with van der Waals surface area (Å²) in [5.74, 6) is -0.895. The molecular formula is C9H16N2O3. The van der Waals surface area contributed by atoms with Crippen LogP contribution in [0.4, 0.5) is 0 Å². The third-order valence-electron chi connectivity index (χ3n) is 1.60. The molecule has 80 valence electrons. The second-order valence-electron chi connectivity index (χ2n) is 3.07. The summed E-state index contributed by atoms with van der Waals surface area (Å²) in [6, 6.07) is 0.100. The predicted molar refractivity (Wildman–Crippen MR) is 52.2 cm³/mol. The summed E-state index contributed by atoms with van der Waals surface area (Å²) in [4.78, 5) is 23.1. The Morgan fingerprint density at radius 2 is 2.07 bits per heavy atom. The summed E-state index contributed by atoms with van der Waals surface area (Å²) in [7, 11) is 1.29. The maximum atomic E-state index is 10.8. The van der Waals surface area contributed by atoms with Crippen LogP contribution in [0.15, 0.2) is 12.3 Å². The van der Waals surface area contributed by atoms with E-state index in [1.807, 2.05) is 13.8 Å². The van der Waals surface area contributed by atoms with E-state index in [0.717, 1.165) is 0 Å². The van der Waals surface area contributed by atoms with Crippen molar-refractivity contribution in [1.82, 2.24) is 4.90 Å². The molecular weight excluding hydrogens is 184 g/mol. The minimum absolute atomic E-state index is 0.0885. The maximum absolute atomic E-state index is 10.8. The van der Waals surface area contributed by atoms with E-state index in [9.17, 15) is 9.59 Å². The molecule has 0 fully saturated rings. The van der Waals surface area contributed by atoms with E-state index in [1.54, 1.807) is 4.90 Å². The van der Waals surface area contributed by atoms with Gasteiger partial charge < -0.3 is 15.4 Å². The summed E-state index contributed by atoms with van der Waals surface area (Å²) >= 11 is 0. The van der Waals surface area contributed by atoms with Crippen molar-refractivity contribution < 1.29 is 14.3 Å². The van der Waals surface area contributed by atoms with Gasteiger partial charge in [-0.15, -0.1) is 0 Å². The number of nitrogens with two attached hydrogens (primary N) is 1. The van der Waals surface area contributed by atoms with Gasteiger partial charge in [0.1, 0.15) is 0 Å². The number of ether oxygens (including phenoxy) is 1. The second-order valence-corrected chi connectivity index (χ2v) is 3.07. The van der Waals surface area contributed by atoms with Gasteiger partial charge in [0.2, 0.25) is 5.91 Å². The number of rotatable bonds is 5. The Morgan fingerprint density at radius 3 is 2.43 bits per heavy atom. The molecule has 5 nitrogen and oxygen atoms in total. The highest BCUT2D eigenvalue weighted by Gasteiger charge is 2.07. The van der Waals surface area contributed by atoms with Gasteiger partial charge in [-0.05, 0) is 13.8 Å². The van der Waals surface area contributed by atoms with Crippen molar-refractivity contribution in [2.45, 2.75) is 19.9 Å².